The molecule has 2 aromatic heterocycles. The molecule has 0 aliphatic heterocycles. The van der Waals surface area contributed by atoms with Gasteiger partial charge in [-0.1, -0.05) is 12.2 Å². The van der Waals surface area contributed by atoms with E-state index in [9.17, 15) is 14.0 Å². The van der Waals surface area contributed by atoms with Crippen molar-refractivity contribution in [1.29, 1.82) is 0 Å². The number of halogens is 1. The molecule has 7 heteroatoms. The highest BCUT2D eigenvalue weighted by Gasteiger charge is 2.12. The molecule has 6 nitrogen and oxygen atoms in total. The first-order valence-electron chi connectivity index (χ1n) is 6.58. The maximum absolute atomic E-state index is 13.0. The van der Waals surface area contributed by atoms with Gasteiger partial charge in [-0.15, -0.1) is 5.10 Å². The number of aromatic nitrogens is 4. The molecule has 0 atom stereocenters. The first-order valence-corrected chi connectivity index (χ1v) is 6.58. The molecule has 0 N–H and O–H groups in total. The van der Waals surface area contributed by atoms with E-state index < -0.39 is 11.2 Å². The van der Waals surface area contributed by atoms with Gasteiger partial charge in [-0.3, -0.25) is 9.36 Å². The molecule has 0 aliphatic carbocycles. The molecule has 0 spiro atoms. The van der Waals surface area contributed by atoms with Crippen LogP contribution in [-0.4, -0.2) is 18.7 Å². The summed E-state index contributed by atoms with van der Waals surface area (Å²) in [4.78, 5) is 24.6. The number of rotatable bonds is 3. The monoisotopic (exact) mass is 300 g/mol. The normalized spacial score (nSPS) is 11.0. The van der Waals surface area contributed by atoms with E-state index in [1.54, 1.807) is 6.92 Å². The van der Waals surface area contributed by atoms with E-state index in [1.807, 2.05) is 0 Å². The van der Waals surface area contributed by atoms with Gasteiger partial charge in [-0.2, -0.15) is 0 Å². The number of fused-ring (bicyclic) bond motifs is 1. The first kappa shape index (κ1) is 14.0. The average Bonchev–Trinajstić information content (AvgIpc) is 2.78. The molecule has 0 amide bonds. The van der Waals surface area contributed by atoms with Gasteiger partial charge in [0, 0.05) is 18.1 Å². The molecule has 0 bridgehead atoms. The van der Waals surface area contributed by atoms with E-state index in [0.29, 0.717) is 5.69 Å². The van der Waals surface area contributed by atoms with E-state index in [1.165, 1.54) is 50.3 Å². The fraction of sp³-hybridized carbons (Fsp3) is 0.133. The lowest BCUT2D eigenvalue weighted by Crippen LogP contribution is -2.24. The first-order chi connectivity index (χ1) is 10.5. The zero-order valence-corrected chi connectivity index (χ0v) is 11.9. The SMILES string of the molecule is C=C(C)Cn1nc2c(=O)n(-c3ccc(F)cc3)ccn2c1=O. The Kier molecular flexibility index (Phi) is 3.25. The van der Waals surface area contributed by atoms with Gasteiger partial charge in [0.2, 0.25) is 5.65 Å². The van der Waals surface area contributed by atoms with Crippen LogP contribution < -0.4 is 11.2 Å². The van der Waals surface area contributed by atoms with Crippen molar-refractivity contribution >= 4 is 5.65 Å². The number of hydrogen-bond acceptors (Lipinski definition) is 3. The Bertz CT molecular complexity index is 979. The summed E-state index contributed by atoms with van der Waals surface area (Å²) in [6.45, 7) is 5.75. The third-order valence-corrected chi connectivity index (χ3v) is 3.17. The van der Waals surface area contributed by atoms with Crippen LogP contribution in [0.4, 0.5) is 4.39 Å². The molecule has 1 aromatic carbocycles. The molecule has 3 aromatic rings. The standard InChI is InChI=1S/C15H13FN4O2/c1-10(2)9-20-15(22)19-8-7-18(14(21)13(19)17-20)12-5-3-11(16)4-6-12/h3-8H,1,9H2,2H3. The van der Waals surface area contributed by atoms with Gasteiger partial charge in [0.1, 0.15) is 5.82 Å². The topological polar surface area (TPSA) is 61.3 Å². The molecule has 2 heterocycles. The van der Waals surface area contributed by atoms with Gasteiger partial charge in [0.05, 0.1) is 6.54 Å². The molecule has 0 saturated heterocycles. The lowest BCUT2D eigenvalue weighted by molar-refractivity contribution is 0.627. The fourth-order valence-electron chi connectivity index (χ4n) is 2.17. The quantitative estimate of drug-likeness (QED) is 0.686. The summed E-state index contributed by atoms with van der Waals surface area (Å²) < 4.78 is 16.7. The van der Waals surface area contributed by atoms with Crippen molar-refractivity contribution in [2.45, 2.75) is 13.5 Å². The minimum atomic E-state index is -0.452. The summed E-state index contributed by atoms with van der Waals surface area (Å²) >= 11 is 0. The second kappa shape index (κ2) is 5.10. The van der Waals surface area contributed by atoms with Crippen LogP contribution in [0.25, 0.3) is 11.3 Å². The Morgan fingerprint density at radius 2 is 1.91 bits per heavy atom. The molecule has 0 radical (unpaired) electrons. The molecular formula is C15H13FN4O2. The zero-order chi connectivity index (χ0) is 15.9. The predicted octanol–water partition coefficient (Wildman–Crippen LogP) is 1.36. The van der Waals surface area contributed by atoms with E-state index in [-0.39, 0.29) is 18.0 Å². The van der Waals surface area contributed by atoms with Crippen molar-refractivity contribution in [3.63, 3.8) is 0 Å². The maximum Gasteiger partial charge on any atom is 0.350 e. The van der Waals surface area contributed by atoms with Crippen molar-refractivity contribution in [2.75, 3.05) is 0 Å². The van der Waals surface area contributed by atoms with Crippen molar-refractivity contribution in [2.24, 2.45) is 0 Å². The molecular weight excluding hydrogens is 287 g/mol. The van der Waals surface area contributed by atoms with Crippen molar-refractivity contribution in [1.82, 2.24) is 18.7 Å². The summed E-state index contributed by atoms with van der Waals surface area (Å²) in [6, 6.07) is 5.49. The Balaban J connectivity index is 2.22. The van der Waals surface area contributed by atoms with Crippen LogP contribution in [0.5, 0.6) is 0 Å². The van der Waals surface area contributed by atoms with Crippen LogP contribution in [-0.2, 0) is 6.54 Å². The Morgan fingerprint density at radius 1 is 1.23 bits per heavy atom. The van der Waals surface area contributed by atoms with Crippen LogP contribution in [0.2, 0.25) is 0 Å². The van der Waals surface area contributed by atoms with Gasteiger partial charge >= 0.3 is 11.2 Å². The number of hydrogen-bond donors (Lipinski definition) is 0. The number of nitrogens with zero attached hydrogens (tertiary/aromatic N) is 4. The summed E-state index contributed by atoms with van der Waals surface area (Å²) in [5, 5.41) is 4.05. The third-order valence-electron chi connectivity index (χ3n) is 3.17. The van der Waals surface area contributed by atoms with Crippen LogP contribution in [0.1, 0.15) is 6.92 Å². The number of benzene rings is 1. The van der Waals surface area contributed by atoms with E-state index in [2.05, 4.69) is 11.7 Å². The summed E-state index contributed by atoms with van der Waals surface area (Å²) in [7, 11) is 0. The molecule has 0 unspecified atom stereocenters. The average molecular weight is 300 g/mol. The minimum absolute atomic E-state index is 0.0121. The molecule has 22 heavy (non-hydrogen) atoms. The highest BCUT2D eigenvalue weighted by molar-refractivity contribution is 5.39. The Morgan fingerprint density at radius 3 is 2.55 bits per heavy atom. The van der Waals surface area contributed by atoms with Crippen LogP contribution in [0, 0.1) is 5.82 Å². The van der Waals surface area contributed by atoms with E-state index in [4.69, 9.17) is 0 Å². The third kappa shape index (κ3) is 2.26. The molecule has 0 aliphatic rings. The molecule has 112 valence electrons. The Labute approximate surface area is 124 Å². The summed E-state index contributed by atoms with van der Waals surface area (Å²) in [5.74, 6) is -0.389. The van der Waals surface area contributed by atoms with E-state index in [0.717, 1.165) is 5.57 Å². The van der Waals surface area contributed by atoms with E-state index >= 15 is 0 Å². The maximum atomic E-state index is 13.0. The van der Waals surface area contributed by atoms with Gasteiger partial charge in [-0.25, -0.2) is 18.3 Å². The highest BCUT2D eigenvalue weighted by atomic mass is 19.1. The molecule has 3 rings (SSSR count). The van der Waals surface area contributed by atoms with Gasteiger partial charge in [0.15, 0.2) is 0 Å². The largest absolute Gasteiger partial charge is 0.350 e. The Hall–Kier alpha value is -2.96. The fourth-order valence-corrected chi connectivity index (χ4v) is 2.17. The lowest BCUT2D eigenvalue weighted by Gasteiger charge is -2.04. The van der Waals surface area contributed by atoms with Gasteiger partial charge < -0.3 is 0 Å². The minimum Gasteiger partial charge on any atom is -0.280 e. The zero-order valence-electron chi connectivity index (χ0n) is 11.9. The predicted molar refractivity (Wildman–Crippen MR) is 79.8 cm³/mol. The van der Waals surface area contributed by atoms with Crippen LogP contribution in [0.3, 0.4) is 0 Å². The van der Waals surface area contributed by atoms with Crippen LogP contribution >= 0.6 is 0 Å². The van der Waals surface area contributed by atoms with Crippen molar-refractivity contribution in [3.05, 3.63) is 75.5 Å². The smallest absolute Gasteiger partial charge is 0.280 e. The summed E-state index contributed by atoms with van der Waals surface area (Å²) in [5.41, 5.74) is 0.409. The van der Waals surface area contributed by atoms with Gasteiger partial charge in [-0.05, 0) is 31.2 Å². The second-order valence-electron chi connectivity index (χ2n) is 5.04. The molecule has 0 saturated carbocycles. The lowest BCUT2D eigenvalue weighted by atomic mass is 10.3. The highest BCUT2D eigenvalue weighted by Crippen LogP contribution is 2.07. The number of allylic oxidation sites excluding steroid dienone is 1. The second-order valence-corrected chi connectivity index (χ2v) is 5.04. The molecule has 0 fully saturated rings. The van der Waals surface area contributed by atoms with Crippen molar-refractivity contribution in [3.8, 4) is 5.69 Å². The van der Waals surface area contributed by atoms with Crippen molar-refractivity contribution < 1.29 is 4.39 Å². The van der Waals surface area contributed by atoms with Gasteiger partial charge in [0.25, 0.3) is 0 Å². The summed E-state index contributed by atoms with van der Waals surface area (Å²) in [6.07, 6.45) is 2.92. The van der Waals surface area contributed by atoms with Crippen LogP contribution in [0.15, 0.2) is 58.4 Å².